The molecule has 0 aliphatic carbocycles. The summed E-state index contributed by atoms with van der Waals surface area (Å²) in [5.74, 6) is -0.0765. The molecule has 5 rings (SSSR count). The maximum atomic E-state index is 13.2. The highest BCUT2D eigenvalue weighted by molar-refractivity contribution is 6.00. The molecule has 11 heteroatoms. The van der Waals surface area contributed by atoms with Crippen LogP contribution in [0.4, 0.5) is 16.2 Å². The van der Waals surface area contributed by atoms with Crippen LogP contribution >= 0.6 is 0 Å². The standard InChI is InChI=1S/C26H33N7O4/c34-24(31-8-6-27-7-9-31)20-3-4-23(22(18-20)29-26(36)33-14-16-37-17-15-33)30-10-12-32(13-11-30)25(35)21-2-1-5-28-19-21/h1-5,18-19,27H,6-17H2,(H,29,36). The molecule has 3 aliphatic rings. The van der Waals surface area contributed by atoms with Crippen LogP contribution in [0, 0.1) is 0 Å². The molecule has 4 amide bonds. The van der Waals surface area contributed by atoms with Crippen LogP contribution in [0.1, 0.15) is 20.7 Å². The zero-order valence-corrected chi connectivity index (χ0v) is 20.9. The number of piperazine rings is 2. The first-order chi connectivity index (χ1) is 18.1. The second kappa shape index (κ2) is 11.6. The molecule has 3 aliphatic heterocycles. The Hall–Kier alpha value is -3.70. The number of benzene rings is 1. The molecule has 2 N–H and O–H groups in total. The predicted molar refractivity (Wildman–Crippen MR) is 139 cm³/mol. The number of rotatable bonds is 4. The monoisotopic (exact) mass is 507 g/mol. The van der Waals surface area contributed by atoms with Gasteiger partial charge in [0.15, 0.2) is 0 Å². The van der Waals surface area contributed by atoms with Crippen molar-refractivity contribution in [3.63, 3.8) is 0 Å². The molecule has 11 nitrogen and oxygen atoms in total. The van der Waals surface area contributed by atoms with E-state index in [1.54, 1.807) is 35.5 Å². The minimum absolute atomic E-state index is 0.0365. The summed E-state index contributed by atoms with van der Waals surface area (Å²) >= 11 is 0. The highest BCUT2D eigenvalue weighted by Crippen LogP contribution is 2.30. The Morgan fingerprint density at radius 3 is 2.22 bits per heavy atom. The van der Waals surface area contributed by atoms with Crippen molar-refractivity contribution in [1.82, 2.24) is 25.0 Å². The summed E-state index contributed by atoms with van der Waals surface area (Å²) in [5.41, 5.74) is 2.56. The first kappa shape index (κ1) is 25.0. The Balaban J connectivity index is 1.33. The maximum absolute atomic E-state index is 13.2. The molecule has 1 aromatic carbocycles. The fraction of sp³-hybridized carbons (Fsp3) is 0.462. The van der Waals surface area contributed by atoms with Crippen molar-refractivity contribution in [3.05, 3.63) is 53.9 Å². The number of urea groups is 1. The van der Waals surface area contributed by atoms with Gasteiger partial charge < -0.3 is 35.0 Å². The van der Waals surface area contributed by atoms with E-state index in [1.165, 1.54) is 0 Å². The number of morpholine rings is 1. The molecular formula is C26H33N7O4. The van der Waals surface area contributed by atoms with Crippen molar-refractivity contribution in [2.75, 3.05) is 88.9 Å². The van der Waals surface area contributed by atoms with Gasteiger partial charge in [0.25, 0.3) is 11.8 Å². The average molecular weight is 508 g/mol. The van der Waals surface area contributed by atoms with E-state index in [9.17, 15) is 14.4 Å². The van der Waals surface area contributed by atoms with Crippen molar-refractivity contribution in [3.8, 4) is 0 Å². The van der Waals surface area contributed by atoms with Gasteiger partial charge in [-0.25, -0.2) is 4.79 Å². The fourth-order valence-electron chi connectivity index (χ4n) is 4.88. The lowest BCUT2D eigenvalue weighted by atomic mass is 10.1. The summed E-state index contributed by atoms with van der Waals surface area (Å²) in [4.78, 5) is 50.7. The van der Waals surface area contributed by atoms with Gasteiger partial charge in [0, 0.05) is 83.4 Å². The molecule has 0 radical (unpaired) electrons. The van der Waals surface area contributed by atoms with Gasteiger partial charge in [0.05, 0.1) is 30.2 Å². The molecule has 0 spiro atoms. The SMILES string of the molecule is O=C(Nc1cc(C(=O)N2CCNCC2)ccc1N1CCN(C(=O)c2cccnc2)CC1)N1CCOCC1. The molecular weight excluding hydrogens is 474 g/mol. The molecule has 0 bridgehead atoms. The van der Waals surface area contributed by atoms with Crippen LogP contribution in [-0.4, -0.2) is 116 Å². The van der Waals surface area contributed by atoms with Gasteiger partial charge in [0.1, 0.15) is 0 Å². The molecule has 0 atom stereocenters. The number of anilines is 2. The predicted octanol–water partition coefficient (Wildman–Crippen LogP) is 0.953. The Morgan fingerprint density at radius 2 is 1.51 bits per heavy atom. The number of nitrogens with zero attached hydrogens (tertiary/aromatic N) is 5. The van der Waals surface area contributed by atoms with E-state index in [0.29, 0.717) is 82.4 Å². The number of nitrogens with one attached hydrogen (secondary N) is 2. The molecule has 0 unspecified atom stereocenters. The molecule has 0 saturated carbocycles. The van der Waals surface area contributed by atoms with E-state index >= 15 is 0 Å². The van der Waals surface area contributed by atoms with E-state index in [2.05, 4.69) is 20.5 Å². The summed E-state index contributed by atoms with van der Waals surface area (Å²) in [5, 5.41) is 6.32. The minimum Gasteiger partial charge on any atom is -0.378 e. The molecule has 37 heavy (non-hydrogen) atoms. The van der Waals surface area contributed by atoms with E-state index < -0.39 is 0 Å². The number of ether oxygens (including phenoxy) is 1. The number of pyridine rings is 1. The van der Waals surface area contributed by atoms with Gasteiger partial charge in [-0.15, -0.1) is 0 Å². The van der Waals surface area contributed by atoms with Crippen LogP contribution in [0.2, 0.25) is 0 Å². The van der Waals surface area contributed by atoms with Gasteiger partial charge in [0.2, 0.25) is 0 Å². The van der Waals surface area contributed by atoms with E-state index in [0.717, 1.165) is 18.8 Å². The molecule has 4 heterocycles. The van der Waals surface area contributed by atoms with Crippen LogP contribution < -0.4 is 15.5 Å². The Labute approximate surface area is 216 Å². The quantitative estimate of drug-likeness (QED) is 0.634. The third kappa shape index (κ3) is 5.83. The van der Waals surface area contributed by atoms with Crippen LogP contribution in [-0.2, 0) is 4.74 Å². The van der Waals surface area contributed by atoms with E-state index in [-0.39, 0.29) is 17.8 Å². The summed E-state index contributed by atoms with van der Waals surface area (Å²) in [7, 11) is 0. The lowest BCUT2D eigenvalue weighted by Crippen LogP contribution is -2.49. The van der Waals surface area contributed by atoms with Crippen LogP contribution in [0.25, 0.3) is 0 Å². The zero-order chi connectivity index (χ0) is 25.6. The summed E-state index contributed by atoms with van der Waals surface area (Å²) in [6.45, 7) is 7.23. The second-order valence-corrected chi connectivity index (χ2v) is 9.32. The maximum Gasteiger partial charge on any atom is 0.322 e. The lowest BCUT2D eigenvalue weighted by molar-refractivity contribution is 0.0564. The molecule has 3 fully saturated rings. The van der Waals surface area contributed by atoms with Gasteiger partial charge in [-0.3, -0.25) is 14.6 Å². The molecule has 3 saturated heterocycles. The highest BCUT2D eigenvalue weighted by atomic mass is 16.5. The van der Waals surface area contributed by atoms with Crippen molar-refractivity contribution in [1.29, 1.82) is 0 Å². The van der Waals surface area contributed by atoms with Gasteiger partial charge in [-0.1, -0.05) is 0 Å². The van der Waals surface area contributed by atoms with E-state index in [4.69, 9.17) is 4.74 Å². The number of aromatic nitrogens is 1. The van der Waals surface area contributed by atoms with Crippen molar-refractivity contribution in [2.24, 2.45) is 0 Å². The van der Waals surface area contributed by atoms with Gasteiger partial charge in [-0.05, 0) is 30.3 Å². The number of carbonyl (C=O) groups excluding carboxylic acids is 3. The smallest absolute Gasteiger partial charge is 0.322 e. The van der Waals surface area contributed by atoms with Crippen molar-refractivity contribution < 1.29 is 19.1 Å². The highest BCUT2D eigenvalue weighted by Gasteiger charge is 2.26. The average Bonchev–Trinajstić information content (AvgIpc) is 2.98. The van der Waals surface area contributed by atoms with Crippen LogP contribution in [0.15, 0.2) is 42.7 Å². The summed E-state index contributed by atoms with van der Waals surface area (Å²) in [6, 6.07) is 8.85. The number of amides is 4. The number of hydrogen-bond acceptors (Lipinski definition) is 7. The first-order valence-corrected chi connectivity index (χ1v) is 12.8. The van der Waals surface area contributed by atoms with E-state index in [1.807, 2.05) is 21.9 Å². The Bertz CT molecular complexity index is 1110. The Kier molecular flexibility index (Phi) is 7.81. The van der Waals surface area contributed by atoms with Crippen molar-refractivity contribution >= 4 is 29.2 Å². The molecule has 2 aromatic rings. The number of carbonyl (C=O) groups is 3. The molecule has 196 valence electrons. The molecule has 1 aromatic heterocycles. The Morgan fingerprint density at radius 1 is 0.811 bits per heavy atom. The number of hydrogen-bond donors (Lipinski definition) is 2. The summed E-state index contributed by atoms with van der Waals surface area (Å²) in [6.07, 6.45) is 3.24. The van der Waals surface area contributed by atoms with Crippen molar-refractivity contribution in [2.45, 2.75) is 0 Å². The minimum atomic E-state index is -0.207. The van der Waals surface area contributed by atoms with Gasteiger partial charge in [-0.2, -0.15) is 0 Å². The fourth-order valence-corrected chi connectivity index (χ4v) is 4.88. The van der Waals surface area contributed by atoms with Gasteiger partial charge >= 0.3 is 6.03 Å². The summed E-state index contributed by atoms with van der Waals surface area (Å²) < 4.78 is 5.38. The largest absolute Gasteiger partial charge is 0.378 e. The third-order valence-electron chi connectivity index (χ3n) is 7.00. The zero-order valence-electron chi connectivity index (χ0n) is 20.9. The first-order valence-electron chi connectivity index (χ1n) is 12.8. The van der Waals surface area contributed by atoms with Crippen LogP contribution in [0.5, 0.6) is 0 Å². The normalized spacial score (nSPS) is 18.5. The van der Waals surface area contributed by atoms with Crippen LogP contribution in [0.3, 0.4) is 0 Å². The lowest BCUT2D eigenvalue weighted by Gasteiger charge is -2.37. The topological polar surface area (TPSA) is 110 Å². The third-order valence-corrected chi connectivity index (χ3v) is 7.00. The second-order valence-electron chi connectivity index (χ2n) is 9.32.